The molecule has 1 heterocycles. The van der Waals surface area contributed by atoms with Crippen LogP contribution in [0.4, 0.5) is 4.79 Å². The van der Waals surface area contributed by atoms with E-state index in [9.17, 15) is 9.59 Å². The fourth-order valence-corrected chi connectivity index (χ4v) is 4.96. The highest BCUT2D eigenvalue weighted by Crippen LogP contribution is 2.37. The zero-order valence-electron chi connectivity index (χ0n) is 14.9. The first-order valence-electron chi connectivity index (χ1n) is 9.90. The van der Waals surface area contributed by atoms with E-state index in [1.807, 2.05) is 30.3 Å². The fourth-order valence-electron chi connectivity index (χ4n) is 4.96. The SMILES string of the molecule is O=C1C2CCCCC2N(CC2CCCC2)C(=O)N1Cc1ccccc1. The molecular weight excluding hydrogens is 312 g/mol. The molecule has 3 amide bonds. The molecule has 0 spiro atoms. The summed E-state index contributed by atoms with van der Waals surface area (Å²) >= 11 is 0. The van der Waals surface area contributed by atoms with Crippen LogP contribution in [0.5, 0.6) is 0 Å². The van der Waals surface area contributed by atoms with E-state index in [4.69, 9.17) is 0 Å². The van der Waals surface area contributed by atoms with Crippen LogP contribution in [-0.4, -0.2) is 34.3 Å². The minimum absolute atomic E-state index is 0.0107. The van der Waals surface area contributed by atoms with Gasteiger partial charge in [-0.05, 0) is 37.2 Å². The summed E-state index contributed by atoms with van der Waals surface area (Å²) in [5.74, 6) is 0.691. The molecule has 1 aromatic carbocycles. The third-order valence-corrected chi connectivity index (χ3v) is 6.30. The number of hydrogen-bond acceptors (Lipinski definition) is 2. The molecule has 2 aliphatic carbocycles. The van der Waals surface area contributed by atoms with Crippen molar-refractivity contribution in [3.8, 4) is 0 Å². The second-order valence-corrected chi connectivity index (χ2v) is 7.95. The summed E-state index contributed by atoms with van der Waals surface area (Å²) in [6.07, 6.45) is 9.21. The average molecular weight is 340 g/mol. The van der Waals surface area contributed by atoms with E-state index in [1.165, 1.54) is 30.6 Å². The molecule has 0 aromatic heterocycles. The Bertz CT molecular complexity index is 624. The summed E-state index contributed by atoms with van der Waals surface area (Å²) in [4.78, 5) is 29.8. The van der Waals surface area contributed by atoms with Crippen LogP contribution >= 0.6 is 0 Å². The van der Waals surface area contributed by atoms with E-state index in [1.54, 1.807) is 0 Å². The lowest BCUT2D eigenvalue weighted by molar-refractivity contribution is -0.141. The van der Waals surface area contributed by atoms with Gasteiger partial charge in [0, 0.05) is 12.6 Å². The summed E-state index contributed by atoms with van der Waals surface area (Å²) in [5.41, 5.74) is 1.03. The molecule has 4 heteroatoms. The predicted octanol–water partition coefficient (Wildman–Crippen LogP) is 4.20. The van der Waals surface area contributed by atoms with Crippen molar-refractivity contribution in [2.75, 3.05) is 6.54 Å². The molecular formula is C21H28N2O2. The van der Waals surface area contributed by atoms with Gasteiger partial charge >= 0.3 is 6.03 Å². The second kappa shape index (κ2) is 7.19. The molecule has 1 aliphatic heterocycles. The van der Waals surface area contributed by atoms with Gasteiger partial charge in [0.2, 0.25) is 5.91 Å². The molecule has 0 radical (unpaired) electrons. The molecule has 3 aliphatic rings. The van der Waals surface area contributed by atoms with E-state index in [2.05, 4.69) is 4.90 Å². The van der Waals surface area contributed by atoms with Crippen molar-refractivity contribution in [3.63, 3.8) is 0 Å². The number of fused-ring (bicyclic) bond motifs is 1. The maximum atomic E-state index is 13.2. The molecule has 3 fully saturated rings. The van der Waals surface area contributed by atoms with Crippen molar-refractivity contribution in [1.29, 1.82) is 0 Å². The standard InChI is InChI=1S/C21H28N2O2/c24-20-18-12-6-7-13-19(18)22(14-16-10-4-5-11-16)21(25)23(20)15-17-8-2-1-3-9-17/h1-3,8-9,16,18-19H,4-7,10-15H2. The van der Waals surface area contributed by atoms with Crippen LogP contribution in [0.15, 0.2) is 30.3 Å². The highest BCUT2D eigenvalue weighted by Gasteiger charge is 2.47. The van der Waals surface area contributed by atoms with Gasteiger partial charge in [-0.2, -0.15) is 0 Å². The number of imide groups is 1. The number of carbonyl (C=O) groups is 2. The van der Waals surface area contributed by atoms with E-state index in [0.717, 1.165) is 37.8 Å². The summed E-state index contributed by atoms with van der Waals surface area (Å²) in [7, 11) is 0. The number of benzene rings is 1. The lowest BCUT2D eigenvalue weighted by Gasteiger charge is -2.47. The Balaban J connectivity index is 1.57. The number of nitrogens with zero attached hydrogens (tertiary/aromatic N) is 2. The van der Waals surface area contributed by atoms with Crippen molar-refractivity contribution in [2.24, 2.45) is 11.8 Å². The maximum absolute atomic E-state index is 13.2. The third kappa shape index (κ3) is 3.31. The quantitative estimate of drug-likeness (QED) is 0.824. The molecule has 2 saturated carbocycles. The minimum atomic E-state index is -0.0519. The maximum Gasteiger partial charge on any atom is 0.327 e. The Morgan fingerprint density at radius 2 is 1.56 bits per heavy atom. The van der Waals surface area contributed by atoms with Crippen LogP contribution in [0.25, 0.3) is 0 Å². The van der Waals surface area contributed by atoms with Crippen LogP contribution < -0.4 is 0 Å². The van der Waals surface area contributed by atoms with Crippen molar-refractivity contribution in [3.05, 3.63) is 35.9 Å². The van der Waals surface area contributed by atoms with Gasteiger partial charge in [-0.15, -0.1) is 0 Å². The van der Waals surface area contributed by atoms with E-state index >= 15 is 0 Å². The van der Waals surface area contributed by atoms with E-state index in [0.29, 0.717) is 12.5 Å². The molecule has 2 unspecified atom stereocenters. The molecule has 1 aromatic rings. The molecule has 1 saturated heterocycles. The smallest absolute Gasteiger partial charge is 0.320 e. The monoisotopic (exact) mass is 340 g/mol. The molecule has 134 valence electrons. The Hall–Kier alpha value is -1.84. The van der Waals surface area contributed by atoms with E-state index in [-0.39, 0.29) is 23.9 Å². The van der Waals surface area contributed by atoms with Crippen LogP contribution in [0, 0.1) is 11.8 Å². The van der Waals surface area contributed by atoms with Crippen molar-refractivity contribution >= 4 is 11.9 Å². The van der Waals surface area contributed by atoms with Crippen LogP contribution in [0.3, 0.4) is 0 Å². The number of amides is 3. The van der Waals surface area contributed by atoms with Gasteiger partial charge in [-0.1, -0.05) is 56.0 Å². The third-order valence-electron chi connectivity index (χ3n) is 6.30. The fraction of sp³-hybridized carbons (Fsp3) is 0.619. The lowest BCUT2D eigenvalue weighted by Crippen LogP contribution is -2.62. The first-order chi connectivity index (χ1) is 12.2. The predicted molar refractivity (Wildman–Crippen MR) is 96.8 cm³/mol. The normalized spacial score (nSPS) is 27.7. The Morgan fingerprint density at radius 3 is 2.32 bits per heavy atom. The first-order valence-corrected chi connectivity index (χ1v) is 9.90. The van der Waals surface area contributed by atoms with Gasteiger partial charge in [0.1, 0.15) is 0 Å². The molecule has 0 N–H and O–H groups in total. The summed E-state index contributed by atoms with van der Waals surface area (Å²) in [5, 5.41) is 0. The largest absolute Gasteiger partial charge is 0.327 e. The van der Waals surface area contributed by atoms with Crippen LogP contribution in [0.1, 0.15) is 56.9 Å². The highest BCUT2D eigenvalue weighted by molar-refractivity contribution is 5.98. The molecule has 4 rings (SSSR count). The zero-order chi connectivity index (χ0) is 17.2. The van der Waals surface area contributed by atoms with Gasteiger partial charge in [-0.3, -0.25) is 9.69 Å². The van der Waals surface area contributed by atoms with Gasteiger partial charge < -0.3 is 4.90 Å². The molecule has 4 nitrogen and oxygen atoms in total. The molecule has 0 bridgehead atoms. The minimum Gasteiger partial charge on any atom is -0.320 e. The summed E-state index contributed by atoms with van der Waals surface area (Å²) < 4.78 is 0. The Morgan fingerprint density at radius 1 is 0.880 bits per heavy atom. The summed E-state index contributed by atoms with van der Waals surface area (Å²) in [6.45, 7) is 1.25. The number of hydrogen-bond donors (Lipinski definition) is 0. The van der Waals surface area contributed by atoms with Crippen molar-refractivity contribution in [2.45, 2.75) is 64.0 Å². The van der Waals surface area contributed by atoms with Crippen molar-refractivity contribution < 1.29 is 9.59 Å². The number of rotatable bonds is 4. The molecule has 25 heavy (non-hydrogen) atoms. The molecule has 2 atom stereocenters. The first kappa shape index (κ1) is 16.6. The highest BCUT2D eigenvalue weighted by atomic mass is 16.2. The van der Waals surface area contributed by atoms with Crippen LogP contribution in [-0.2, 0) is 11.3 Å². The topological polar surface area (TPSA) is 40.6 Å². The second-order valence-electron chi connectivity index (χ2n) is 7.95. The number of carbonyl (C=O) groups excluding carboxylic acids is 2. The zero-order valence-corrected chi connectivity index (χ0v) is 14.9. The van der Waals surface area contributed by atoms with E-state index < -0.39 is 0 Å². The summed E-state index contributed by atoms with van der Waals surface area (Å²) in [6, 6.07) is 9.98. The number of urea groups is 1. The van der Waals surface area contributed by atoms with Gasteiger partial charge in [0.25, 0.3) is 0 Å². The Kier molecular flexibility index (Phi) is 4.78. The van der Waals surface area contributed by atoms with Gasteiger partial charge in [0.15, 0.2) is 0 Å². The van der Waals surface area contributed by atoms with Gasteiger partial charge in [0.05, 0.1) is 12.5 Å². The van der Waals surface area contributed by atoms with Crippen LogP contribution in [0.2, 0.25) is 0 Å². The van der Waals surface area contributed by atoms with Crippen molar-refractivity contribution in [1.82, 2.24) is 9.80 Å². The Labute approximate surface area is 150 Å². The average Bonchev–Trinajstić information content (AvgIpc) is 3.16. The van der Waals surface area contributed by atoms with Gasteiger partial charge in [-0.25, -0.2) is 4.79 Å². The lowest BCUT2D eigenvalue weighted by atomic mass is 9.80.